The Morgan fingerprint density at radius 1 is 0.894 bits per heavy atom. The van der Waals surface area contributed by atoms with E-state index in [1.54, 1.807) is 68.6 Å². The molecule has 2 N–H and O–H groups in total. The maximum Gasteiger partial charge on any atom is 0.453 e. The van der Waals surface area contributed by atoms with E-state index in [9.17, 15) is 18.9 Å². The Morgan fingerprint density at radius 3 is 1.83 bits per heavy atom. The first-order chi connectivity index (χ1) is 22.0. The molecule has 260 valence electrons. The number of amides is 3. The molecule has 13 heteroatoms. The lowest BCUT2D eigenvalue weighted by atomic mass is 10.0. The minimum atomic E-state index is -4.11. The summed E-state index contributed by atoms with van der Waals surface area (Å²) in [5.41, 5.74) is -0.733. The van der Waals surface area contributed by atoms with Gasteiger partial charge in [0.15, 0.2) is 5.78 Å². The van der Waals surface area contributed by atoms with E-state index >= 15 is 0 Å². The first-order valence-corrected chi connectivity index (χ1v) is 20.0. The largest absolute Gasteiger partial charge is 0.453 e. The minimum absolute atomic E-state index is 0.0919. The third kappa shape index (κ3) is 11.4. The van der Waals surface area contributed by atoms with Crippen molar-refractivity contribution in [3.63, 3.8) is 0 Å². The molecular weight excluding hydrogens is 657 g/mol. The summed E-state index contributed by atoms with van der Waals surface area (Å²) < 4.78 is 32.5. The zero-order valence-electron chi connectivity index (χ0n) is 28.9. The molecule has 0 spiro atoms. The van der Waals surface area contributed by atoms with E-state index in [0.29, 0.717) is 37.3 Å². The molecule has 0 radical (unpaired) electrons. The van der Waals surface area contributed by atoms with Gasteiger partial charge < -0.3 is 29.3 Å². The van der Waals surface area contributed by atoms with Gasteiger partial charge in [-0.2, -0.15) is 0 Å². The molecule has 3 amide bonds. The first-order valence-electron chi connectivity index (χ1n) is 15.9. The van der Waals surface area contributed by atoms with Crippen LogP contribution in [0.25, 0.3) is 0 Å². The standard InChI is InChI=1S/C34H50N3O7PS2/c1-22(2)21-28(35-33(40)42-34(5,6)7)32(39)37-20-10-11-29(37)30(38)36-31(23(3)4)45(41,43-24-12-16-26(46-8)17-13-24)44-25-14-18-27(47-9)19-15-25/h12-19,22-23,28-29,31H,10-11,20-21H2,1-9H3,(H,35,40)(H,36,38)/t28-,29-,31?/m0/s1. The number of benzene rings is 2. The zero-order chi connectivity index (χ0) is 34.9. The van der Waals surface area contributed by atoms with E-state index in [2.05, 4.69) is 10.6 Å². The van der Waals surface area contributed by atoms with Crippen LogP contribution in [0.15, 0.2) is 58.3 Å². The summed E-state index contributed by atoms with van der Waals surface area (Å²) in [6.45, 7) is 13.2. The quantitative estimate of drug-likeness (QED) is 0.150. The highest BCUT2D eigenvalue weighted by Crippen LogP contribution is 2.54. The van der Waals surface area contributed by atoms with E-state index in [1.165, 1.54) is 4.90 Å². The van der Waals surface area contributed by atoms with Gasteiger partial charge in [0.1, 0.15) is 29.2 Å². The molecule has 1 aliphatic heterocycles. The van der Waals surface area contributed by atoms with Crippen molar-refractivity contribution in [2.45, 2.75) is 101 Å². The number of ether oxygens (including phenoxy) is 1. The summed E-state index contributed by atoms with van der Waals surface area (Å²) in [4.78, 5) is 44.0. The van der Waals surface area contributed by atoms with E-state index in [0.717, 1.165) is 9.79 Å². The van der Waals surface area contributed by atoms with Crippen molar-refractivity contribution in [1.82, 2.24) is 15.5 Å². The van der Waals surface area contributed by atoms with Gasteiger partial charge >= 0.3 is 13.7 Å². The fourth-order valence-electron chi connectivity index (χ4n) is 5.20. The number of alkyl carbamates (subject to hydrolysis) is 1. The third-order valence-electron chi connectivity index (χ3n) is 7.38. The van der Waals surface area contributed by atoms with Gasteiger partial charge in [0.2, 0.25) is 11.8 Å². The highest BCUT2D eigenvalue weighted by atomic mass is 32.2. The molecule has 1 saturated heterocycles. The van der Waals surface area contributed by atoms with Crippen molar-refractivity contribution < 1.29 is 32.7 Å². The molecule has 2 aromatic rings. The number of thioether (sulfide) groups is 2. The van der Waals surface area contributed by atoms with Crippen molar-refractivity contribution in [1.29, 1.82) is 0 Å². The molecule has 1 fully saturated rings. The summed E-state index contributed by atoms with van der Waals surface area (Å²) in [6.07, 6.45) is 4.62. The van der Waals surface area contributed by atoms with Crippen LogP contribution in [-0.2, 0) is 18.9 Å². The lowest BCUT2D eigenvalue weighted by Crippen LogP contribution is -2.55. The van der Waals surface area contributed by atoms with Crippen LogP contribution in [0.4, 0.5) is 4.79 Å². The van der Waals surface area contributed by atoms with Gasteiger partial charge in [-0.3, -0.25) is 9.59 Å². The lowest BCUT2D eigenvalue weighted by molar-refractivity contribution is -0.140. The topological polar surface area (TPSA) is 123 Å². The number of nitrogens with zero attached hydrogens (tertiary/aromatic N) is 1. The van der Waals surface area contributed by atoms with Crippen molar-refractivity contribution >= 4 is 49.0 Å². The monoisotopic (exact) mass is 707 g/mol. The Labute approximate surface area is 288 Å². The molecule has 1 unspecified atom stereocenters. The molecule has 3 atom stereocenters. The molecule has 1 heterocycles. The molecule has 0 saturated carbocycles. The Kier molecular flexibility index (Phi) is 14.0. The van der Waals surface area contributed by atoms with Gasteiger partial charge in [-0.25, -0.2) is 9.36 Å². The predicted octanol–water partition coefficient (Wildman–Crippen LogP) is 7.81. The predicted molar refractivity (Wildman–Crippen MR) is 189 cm³/mol. The number of rotatable bonds is 14. The van der Waals surface area contributed by atoms with Gasteiger partial charge in [0.25, 0.3) is 0 Å². The second-order valence-electron chi connectivity index (χ2n) is 13.3. The van der Waals surface area contributed by atoms with Crippen LogP contribution in [0, 0.1) is 11.8 Å². The van der Waals surface area contributed by atoms with E-state index in [1.807, 2.05) is 64.5 Å². The van der Waals surface area contributed by atoms with Crippen molar-refractivity contribution in [2.24, 2.45) is 11.8 Å². The van der Waals surface area contributed by atoms with Crippen molar-refractivity contribution in [2.75, 3.05) is 19.1 Å². The zero-order valence-corrected chi connectivity index (χ0v) is 31.4. The number of nitrogens with one attached hydrogen (secondary N) is 2. The number of hydrogen-bond acceptors (Lipinski definition) is 9. The number of likely N-dealkylation sites (tertiary alicyclic amines) is 1. The average Bonchev–Trinajstić information content (AvgIpc) is 3.48. The first kappa shape index (κ1) is 38.6. The third-order valence-corrected chi connectivity index (χ3v) is 11.2. The van der Waals surface area contributed by atoms with Crippen LogP contribution in [0.1, 0.15) is 67.7 Å². The van der Waals surface area contributed by atoms with E-state index in [4.69, 9.17) is 13.8 Å². The van der Waals surface area contributed by atoms with E-state index in [-0.39, 0.29) is 17.7 Å². The molecule has 0 bridgehead atoms. The summed E-state index contributed by atoms with van der Waals surface area (Å²) in [5, 5.41) is 5.68. The fraction of sp³-hybridized carbons (Fsp3) is 0.559. The summed E-state index contributed by atoms with van der Waals surface area (Å²) >= 11 is 3.14. The van der Waals surface area contributed by atoms with Gasteiger partial charge in [0.05, 0.1) is 0 Å². The fourth-order valence-corrected chi connectivity index (χ4v) is 8.13. The van der Waals surface area contributed by atoms with Crippen molar-refractivity contribution in [3.05, 3.63) is 48.5 Å². The number of hydrogen-bond donors (Lipinski definition) is 2. The van der Waals surface area contributed by atoms with E-state index < -0.39 is 43.1 Å². The maximum absolute atomic E-state index is 14.8. The minimum Gasteiger partial charge on any atom is -0.444 e. The SMILES string of the molecule is CSc1ccc(OP(=O)(Oc2ccc(SC)cc2)C(NC(=O)[C@@H]2CCCN2C(=O)[C@H](CC(C)C)NC(=O)OC(C)(C)C)C(C)C)cc1. The smallest absolute Gasteiger partial charge is 0.444 e. The van der Waals surface area contributed by atoms with Crippen LogP contribution in [0.5, 0.6) is 11.5 Å². The Bertz CT molecular complexity index is 1340. The summed E-state index contributed by atoms with van der Waals surface area (Å²) in [5.74, 6) is -1.45. The lowest BCUT2D eigenvalue weighted by Gasteiger charge is -2.33. The van der Waals surface area contributed by atoms with Gasteiger partial charge in [-0.1, -0.05) is 27.7 Å². The van der Waals surface area contributed by atoms with Crippen LogP contribution < -0.4 is 19.7 Å². The van der Waals surface area contributed by atoms with Crippen LogP contribution in [0.3, 0.4) is 0 Å². The van der Waals surface area contributed by atoms with Gasteiger partial charge in [-0.05, 0) is 113 Å². The molecule has 47 heavy (non-hydrogen) atoms. The van der Waals surface area contributed by atoms with Crippen molar-refractivity contribution in [3.8, 4) is 11.5 Å². The highest BCUT2D eigenvalue weighted by molar-refractivity contribution is 7.98. The Hall–Kier alpha value is -2.82. The second kappa shape index (κ2) is 17.0. The maximum atomic E-state index is 14.8. The summed E-state index contributed by atoms with van der Waals surface area (Å²) in [6, 6.07) is 12.7. The molecule has 0 aliphatic carbocycles. The van der Waals surface area contributed by atoms with Gasteiger partial charge in [-0.15, -0.1) is 23.5 Å². The number of carbonyl (C=O) groups is 3. The summed E-state index contributed by atoms with van der Waals surface area (Å²) in [7, 11) is -4.11. The van der Waals surface area contributed by atoms with Crippen LogP contribution in [0.2, 0.25) is 0 Å². The molecule has 10 nitrogen and oxygen atoms in total. The number of carbonyl (C=O) groups excluding carboxylic acids is 3. The second-order valence-corrected chi connectivity index (χ2v) is 17.0. The molecule has 0 aromatic heterocycles. The molecular formula is C34H50N3O7PS2. The Morgan fingerprint density at radius 2 is 1.40 bits per heavy atom. The average molecular weight is 708 g/mol. The normalized spacial score (nSPS) is 16.5. The van der Waals surface area contributed by atoms with Crippen LogP contribution in [-0.4, -0.2) is 65.3 Å². The van der Waals surface area contributed by atoms with Gasteiger partial charge in [0, 0.05) is 16.3 Å². The highest BCUT2D eigenvalue weighted by Gasteiger charge is 2.46. The van der Waals surface area contributed by atoms with Crippen LogP contribution >= 0.6 is 31.1 Å². The molecule has 1 aliphatic rings. The molecule has 2 aromatic carbocycles. The Balaban J connectivity index is 1.89. The molecule has 3 rings (SSSR count).